The summed E-state index contributed by atoms with van der Waals surface area (Å²) >= 11 is 7.70. The Morgan fingerprint density at radius 1 is 1.33 bits per heavy atom. The minimum absolute atomic E-state index is 0.222. The van der Waals surface area contributed by atoms with Crippen molar-refractivity contribution in [3.8, 4) is 0 Å². The number of carboxylic acids is 1. The number of anilines is 2. The maximum atomic E-state index is 11.1. The third-order valence-corrected chi connectivity index (χ3v) is 4.61. The summed E-state index contributed by atoms with van der Waals surface area (Å²) in [5.41, 5.74) is 2.92. The smallest absolute Gasteiger partial charge is 0.335 e. The summed E-state index contributed by atoms with van der Waals surface area (Å²) < 4.78 is 0. The number of hydrogen-bond donors (Lipinski definition) is 2. The summed E-state index contributed by atoms with van der Waals surface area (Å²) in [6.45, 7) is 1.93. The molecule has 122 valence electrons. The number of nitrogens with one attached hydrogen (secondary N) is 1. The molecule has 0 atom stereocenters. The van der Waals surface area contributed by atoms with E-state index >= 15 is 0 Å². The molecule has 3 rings (SSSR count). The van der Waals surface area contributed by atoms with E-state index in [0.717, 1.165) is 22.0 Å². The lowest BCUT2D eigenvalue weighted by atomic mass is 10.0. The predicted molar refractivity (Wildman–Crippen MR) is 95.6 cm³/mol. The molecule has 2 N–H and O–H groups in total. The zero-order valence-corrected chi connectivity index (χ0v) is 14.4. The van der Waals surface area contributed by atoms with E-state index in [-0.39, 0.29) is 5.56 Å². The molecule has 0 aliphatic carbocycles. The molecule has 0 radical (unpaired) electrons. The van der Waals surface area contributed by atoms with Gasteiger partial charge in [-0.3, -0.25) is 0 Å². The molecule has 7 heteroatoms. The summed E-state index contributed by atoms with van der Waals surface area (Å²) in [6.07, 6.45) is 2.22. The normalized spacial score (nSPS) is 10.6. The Balaban J connectivity index is 1.82. The van der Waals surface area contributed by atoms with E-state index in [2.05, 4.69) is 15.3 Å². The van der Waals surface area contributed by atoms with Gasteiger partial charge in [-0.25, -0.2) is 14.8 Å². The molecule has 0 unspecified atom stereocenters. The van der Waals surface area contributed by atoms with Gasteiger partial charge in [0, 0.05) is 16.6 Å². The number of aromatic carboxylic acids is 1. The summed E-state index contributed by atoms with van der Waals surface area (Å²) in [5, 5.41) is 15.6. The monoisotopic (exact) mass is 359 g/mol. The van der Waals surface area contributed by atoms with Crippen LogP contribution in [0, 0.1) is 6.92 Å². The largest absolute Gasteiger partial charge is 0.478 e. The van der Waals surface area contributed by atoms with Crippen molar-refractivity contribution in [3.63, 3.8) is 0 Å². The van der Waals surface area contributed by atoms with Crippen LogP contribution in [0.15, 0.2) is 41.9 Å². The molecule has 0 saturated heterocycles. The van der Waals surface area contributed by atoms with Crippen LogP contribution in [0.1, 0.15) is 27.2 Å². The first-order chi connectivity index (χ1) is 11.5. The molecule has 0 aliphatic rings. The van der Waals surface area contributed by atoms with Gasteiger partial charge in [-0.15, -0.1) is 11.3 Å². The van der Waals surface area contributed by atoms with E-state index in [0.29, 0.717) is 17.3 Å². The summed E-state index contributed by atoms with van der Waals surface area (Å²) in [6, 6.07) is 8.49. The molecule has 0 spiro atoms. The fraction of sp³-hybridized carbons (Fsp3) is 0.118. The second-order valence-corrected chi connectivity index (χ2v) is 6.52. The van der Waals surface area contributed by atoms with Gasteiger partial charge in [0.25, 0.3) is 0 Å². The molecular weight excluding hydrogens is 346 g/mol. The zero-order chi connectivity index (χ0) is 17.1. The van der Waals surface area contributed by atoms with E-state index in [9.17, 15) is 4.79 Å². The van der Waals surface area contributed by atoms with Crippen LogP contribution in [0.4, 0.5) is 10.9 Å². The summed E-state index contributed by atoms with van der Waals surface area (Å²) in [7, 11) is 0. The Kier molecular flexibility index (Phi) is 4.78. The second kappa shape index (κ2) is 6.98. The van der Waals surface area contributed by atoms with Crippen molar-refractivity contribution in [2.75, 3.05) is 5.32 Å². The number of aromatic nitrogens is 2. The van der Waals surface area contributed by atoms with Crippen LogP contribution in [0.5, 0.6) is 0 Å². The standard InChI is InChI=1S/C17H14ClN3O2S/c1-10-9-24-17(20-10)21-15-7-11(4-5-19-15)6-13-8-12(16(22)23)2-3-14(13)18/h2-5,7-9H,6H2,1H3,(H,22,23)(H,19,20,21). The Hall–Kier alpha value is -2.44. The fourth-order valence-corrected chi connectivity index (χ4v) is 3.12. The van der Waals surface area contributed by atoms with Gasteiger partial charge in [0.2, 0.25) is 0 Å². The number of pyridine rings is 1. The topological polar surface area (TPSA) is 75.1 Å². The minimum atomic E-state index is -0.968. The second-order valence-electron chi connectivity index (χ2n) is 5.26. The zero-order valence-electron chi connectivity index (χ0n) is 12.8. The molecule has 3 aromatic rings. The molecule has 0 bridgehead atoms. The van der Waals surface area contributed by atoms with Gasteiger partial charge in [-0.05, 0) is 54.8 Å². The average molecular weight is 360 g/mol. The third-order valence-electron chi connectivity index (χ3n) is 3.37. The lowest BCUT2D eigenvalue weighted by Crippen LogP contribution is -2.00. The molecule has 0 saturated carbocycles. The number of benzene rings is 1. The summed E-state index contributed by atoms with van der Waals surface area (Å²) in [4.78, 5) is 19.7. The van der Waals surface area contributed by atoms with Crippen LogP contribution >= 0.6 is 22.9 Å². The predicted octanol–water partition coefficient (Wildman–Crippen LogP) is 4.53. The van der Waals surface area contributed by atoms with E-state index in [1.165, 1.54) is 17.4 Å². The van der Waals surface area contributed by atoms with Crippen LogP contribution in [-0.4, -0.2) is 21.0 Å². The van der Waals surface area contributed by atoms with Gasteiger partial charge >= 0.3 is 5.97 Å². The highest BCUT2D eigenvalue weighted by molar-refractivity contribution is 7.13. The lowest BCUT2D eigenvalue weighted by Gasteiger charge is -2.08. The highest BCUT2D eigenvalue weighted by atomic mass is 35.5. The summed E-state index contributed by atoms with van der Waals surface area (Å²) in [5.74, 6) is -0.281. The maximum absolute atomic E-state index is 11.1. The van der Waals surface area contributed by atoms with Crippen LogP contribution < -0.4 is 5.32 Å². The van der Waals surface area contributed by atoms with Gasteiger partial charge in [0.15, 0.2) is 5.13 Å². The first-order valence-corrected chi connectivity index (χ1v) is 8.43. The van der Waals surface area contributed by atoms with Crippen molar-refractivity contribution in [2.24, 2.45) is 0 Å². The van der Waals surface area contributed by atoms with Gasteiger partial charge in [-0.1, -0.05) is 11.6 Å². The van der Waals surface area contributed by atoms with Gasteiger partial charge in [0.1, 0.15) is 5.82 Å². The molecule has 24 heavy (non-hydrogen) atoms. The highest BCUT2D eigenvalue weighted by Crippen LogP contribution is 2.23. The van der Waals surface area contributed by atoms with Crippen molar-refractivity contribution >= 4 is 39.9 Å². The number of carboxylic acid groups (broad SMARTS) is 1. The van der Waals surface area contributed by atoms with E-state index in [4.69, 9.17) is 16.7 Å². The van der Waals surface area contributed by atoms with Crippen molar-refractivity contribution in [3.05, 3.63) is 69.3 Å². The van der Waals surface area contributed by atoms with Crippen LogP contribution in [-0.2, 0) is 6.42 Å². The van der Waals surface area contributed by atoms with Gasteiger partial charge in [0.05, 0.1) is 11.3 Å². The van der Waals surface area contributed by atoms with Gasteiger partial charge in [-0.2, -0.15) is 0 Å². The molecule has 2 aromatic heterocycles. The van der Waals surface area contributed by atoms with Crippen LogP contribution in [0.25, 0.3) is 0 Å². The first kappa shape index (κ1) is 16.4. The molecule has 0 amide bonds. The Bertz CT molecular complexity index is 895. The number of rotatable bonds is 5. The number of thiazole rings is 1. The fourth-order valence-electron chi connectivity index (χ4n) is 2.24. The Morgan fingerprint density at radius 2 is 2.17 bits per heavy atom. The number of carbonyl (C=O) groups is 1. The lowest BCUT2D eigenvalue weighted by molar-refractivity contribution is 0.0697. The number of nitrogens with zero attached hydrogens (tertiary/aromatic N) is 2. The molecule has 0 fully saturated rings. The van der Waals surface area contributed by atoms with Crippen LogP contribution in [0.2, 0.25) is 5.02 Å². The Labute approximate surface area is 148 Å². The van der Waals surface area contributed by atoms with E-state index < -0.39 is 5.97 Å². The number of halogens is 1. The van der Waals surface area contributed by atoms with Crippen molar-refractivity contribution < 1.29 is 9.90 Å². The minimum Gasteiger partial charge on any atom is -0.478 e. The van der Waals surface area contributed by atoms with E-state index in [1.807, 2.05) is 24.4 Å². The average Bonchev–Trinajstić information content (AvgIpc) is 2.94. The van der Waals surface area contributed by atoms with Gasteiger partial charge < -0.3 is 10.4 Å². The molecule has 1 aromatic carbocycles. The maximum Gasteiger partial charge on any atom is 0.335 e. The quantitative estimate of drug-likeness (QED) is 0.699. The third kappa shape index (κ3) is 3.90. The van der Waals surface area contributed by atoms with Crippen LogP contribution in [0.3, 0.4) is 0 Å². The molecule has 2 heterocycles. The number of aryl methyl sites for hydroxylation is 1. The molecular formula is C17H14ClN3O2S. The van der Waals surface area contributed by atoms with E-state index in [1.54, 1.807) is 18.3 Å². The van der Waals surface area contributed by atoms with Crippen molar-refractivity contribution in [2.45, 2.75) is 13.3 Å². The highest BCUT2D eigenvalue weighted by Gasteiger charge is 2.09. The first-order valence-electron chi connectivity index (χ1n) is 7.17. The molecule has 0 aliphatic heterocycles. The van der Waals surface area contributed by atoms with Crippen molar-refractivity contribution in [1.82, 2.24) is 9.97 Å². The SMILES string of the molecule is Cc1csc(Nc2cc(Cc3cc(C(=O)O)ccc3Cl)ccn2)n1. The Morgan fingerprint density at radius 3 is 2.88 bits per heavy atom. The number of hydrogen-bond acceptors (Lipinski definition) is 5. The molecule has 5 nitrogen and oxygen atoms in total. The van der Waals surface area contributed by atoms with Crippen molar-refractivity contribution in [1.29, 1.82) is 0 Å².